The largest absolute Gasteiger partial charge is 0.495 e. The molecular weight excluding hydrogens is 394 g/mol. The highest BCUT2D eigenvalue weighted by molar-refractivity contribution is 6.03. The van der Waals surface area contributed by atoms with Crippen LogP contribution in [0.1, 0.15) is 21.5 Å². The average Bonchev–Trinajstić information content (AvgIpc) is 3.21. The number of methoxy groups -OCH3 is 1. The molecule has 0 aliphatic carbocycles. The Labute approximate surface area is 178 Å². The van der Waals surface area contributed by atoms with Crippen LogP contribution in [0, 0.1) is 6.92 Å². The first-order valence-electron chi connectivity index (χ1n) is 9.65. The Bertz CT molecular complexity index is 1280. The van der Waals surface area contributed by atoms with Gasteiger partial charge in [-0.2, -0.15) is 5.10 Å². The SMILES string of the molecule is COc1ccc(C)cc1-n1cc(C(=O)Nc2ccn(Cc3ccncc3)n2)ccc1=O. The Kier molecular flexibility index (Phi) is 5.61. The Morgan fingerprint density at radius 2 is 1.90 bits per heavy atom. The van der Waals surface area contributed by atoms with Crippen LogP contribution in [-0.4, -0.2) is 32.3 Å². The summed E-state index contributed by atoms with van der Waals surface area (Å²) in [6.07, 6.45) is 6.73. The van der Waals surface area contributed by atoms with Crippen molar-refractivity contribution in [1.82, 2.24) is 19.3 Å². The lowest BCUT2D eigenvalue weighted by Gasteiger charge is -2.13. The second kappa shape index (κ2) is 8.66. The molecule has 8 heteroatoms. The van der Waals surface area contributed by atoms with E-state index in [0.29, 0.717) is 29.4 Å². The van der Waals surface area contributed by atoms with Gasteiger partial charge in [0.25, 0.3) is 11.5 Å². The summed E-state index contributed by atoms with van der Waals surface area (Å²) in [5, 5.41) is 7.16. The summed E-state index contributed by atoms with van der Waals surface area (Å²) in [6, 6.07) is 13.9. The van der Waals surface area contributed by atoms with Gasteiger partial charge in [0, 0.05) is 36.9 Å². The van der Waals surface area contributed by atoms with Gasteiger partial charge in [0.05, 0.1) is 24.9 Å². The number of ether oxygens (including phenoxy) is 1. The van der Waals surface area contributed by atoms with Crippen LogP contribution in [0.15, 0.2) is 78.1 Å². The number of benzene rings is 1. The number of nitrogens with zero attached hydrogens (tertiary/aromatic N) is 4. The molecule has 0 atom stereocenters. The monoisotopic (exact) mass is 415 g/mol. The second-order valence-corrected chi connectivity index (χ2v) is 7.01. The number of nitrogens with one attached hydrogen (secondary N) is 1. The first-order valence-corrected chi connectivity index (χ1v) is 9.65. The number of pyridine rings is 2. The topological polar surface area (TPSA) is 91.0 Å². The smallest absolute Gasteiger partial charge is 0.258 e. The van der Waals surface area contributed by atoms with Crippen LogP contribution in [-0.2, 0) is 6.54 Å². The molecule has 1 N–H and O–H groups in total. The van der Waals surface area contributed by atoms with E-state index in [0.717, 1.165) is 11.1 Å². The van der Waals surface area contributed by atoms with E-state index in [1.54, 1.807) is 35.4 Å². The number of aromatic nitrogens is 4. The molecule has 0 aliphatic rings. The summed E-state index contributed by atoms with van der Waals surface area (Å²) < 4.78 is 8.51. The van der Waals surface area contributed by atoms with E-state index in [4.69, 9.17) is 4.74 Å². The fourth-order valence-corrected chi connectivity index (χ4v) is 3.18. The van der Waals surface area contributed by atoms with Crippen molar-refractivity contribution in [1.29, 1.82) is 0 Å². The predicted molar refractivity (Wildman–Crippen MR) is 117 cm³/mol. The van der Waals surface area contributed by atoms with Crippen molar-refractivity contribution in [3.8, 4) is 11.4 Å². The number of hydrogen-bond donors (Lipinski definition) is 1. The molecular formula is C23H21N5O3. The van der Waals surface area contributed by atoms with Gasteiger partial charge in [-0.1, -0.05) is 6.07 Å². The van der Waals surface area contributed by atoms with Crippen molar-refractivity contribution >= 4 is 11.7 Å². The third-order valence-electron chi connectivity index (χ3n) is 4.74. The molecule has 1 amide bonds. The number of carbonyl (C=O) groups is 1. The van der Waals surface area contributed by atoms with Gasteiger partial charge in [-0.05, 0) is 48.4 Å². The summed E-state index contributed by atoms with van der Waals surface area (Å²) in [6.45, 7) is 2.49. The fourth-order valence-electron chi connectivity index (χ4n) is 3.18. The second-order valence-electron chi connectivity index (χ2n) is 7.01. The zero-order valence-electron chi connectivity index (χ0n) is 17.1. The molecule has 0 fully saturated rings. The summed E-state index contributed by atoms with van der Waals surface area (Å²) in [5.74, 6) is 0.597. The zero-order chi connectivity index (χ0) is 21.8. The van der Waals surface area contributed by atoms with Gasteiger partial charge in [-0.3, -0.25) is 23.8 Å². The molecule has 0 spiro atoms. The number of aryl methyl sites for hydroxylation is 1. The van der Waals surface area contributed by atoms with Crippen LogP contribution in [0.4, 0.5) is 5.82 Å². The van der Waals surface area contributed by atoms with Crippen molar-refractivity contribution < 1.29 is 9.53 Å². The minimum Gasteiger partial charge on any atom is -0.495 e. The number of rotatable bonds is 6. The maximum Gasteiger partial charge on any atom is 0.258 e. The molecule has 4 rings (SSSR count). The summed E-state index contributed by atoms with van der Waals surface area (Å²) in [7, 11) is 1.54. The molecule has 0 aliphatic heterocycles. The van der Waals surface area contributed by atoms with Gasteiger partial charge in [0.2, 0.25) is 0 Å². The summed E-state index contributed by atoms with van der Waals surface area (Å²) in [4.78, 5) is 29.2. The van der Waals surface area contributed by atoms with Gasteiger partial charge >= 0.3 is 0 Å². The van der Waals surface area contributed by atoms with Crippen LogP contribution in [0.25, 0.3) is 5.69 Å². The van der Waals surface area contributed by atoms with E-state index in [1.807, 2.05) is 31.2 Å². The van der Waals surface area contributed by atoms with Crippen molar-refractivity contribution in [2.45, 2.75) is 13.5 Å². The molecule has 31 heavy (non-hydrogen) atoms. The molecule has 0 bridgehead atoms. The van der Waals surface area contributed by atoms with Gasteiger partial charge < -0.3 is 10.1 Å². The predicted octanol–water partition coefficient (Wildman–Crippen LogP) is 3.05. The van der Waals surface area contributed by atoms with Crippen molar-refractivity contribution in [3.05, 3.63) is 100 Å². The van der Waals surface area contributed by atoms with Crippen LogP contribution in [0.2, 0.25) is 0 Å². The van der Waals surface area contributed by atoms with Crippen LogP contribution in [0.3, 0.4) is 0 Å². The molecule has 3 heterocycles. The first-order chi connectivity index (χ1) is 15.0. The third-order valence-corrected chi connectivity index (χ3v) is 4.74. The number of amides is 1. The maximum absolute atomic E-state index is 12.8. The molecule has 1 aromatic carbocycles. The Balaban J connectivity index is 1.56. The van der Waals surface area contributed by atoms with Crippen molar-refractivity contribution in [3.63, 3.8) is 0 Å². The quantitative estimate of drug-likeness (QED) is 0.523. The summed E-state index contributed by atoms with van der Waals surface area (Å²) in [5.41, 5.74) is 2.66. The molecule has 0 saturated heterocycles. The lowest BCUT2D eigenvalue weighted by Crippen LogP contribution is -2.21. The zero-order valence-corrected chi connectivity index (χ0v) is 17.1. The molecule has 8 nitrogen and oxygen atoms in total. The molecule has 3 aromatic heterocycles. The molecule has 0 saturated carbocycles. The van der Waals surface area contributed by atoms with E-state index in [2.05, 4.69) is 15.4 Å². The van der Waals surface area contributed by atoms with Crippen molar-refractivity contribution in [2.75, 3.05) is 12.4 Å². The van der Waals surface area contributed by atoms with E-state index < -0.39 is 0 Å². The van der Waals surface area contributed by atoms with Crippen LogP contribution >= 0.6 is 0 Å². The van der Waals surface area contributed by atoms with E-state index in [1.165, 1.54) is 30.0 Å². The van der Waals surface area contributed by atoms with E-state index in [-0.39, 0.29) is 11.5 Å². The van der Waals surface area contributed by atoms with E-state index >= 15 is 0 Å². The first kappa shape index (κ1) is 20.1. The Morgan fingerprint density at radius 3 is 2.68 bits per heavy atom. The number of anilines is 1. The van der Waals surface area contributed by atoms with Crippen molar-refractivity contribution in [2.24, 2.45) is 0 Å². The molecule has 4 aromatic rings. The normalized spacial score (nSPS) is 10.6. The van der Waals surface area contributed by atoms with Gasteiger partial charge in [-0.15, -0.1) is 0 Å². The summed E-state index contributed by atoms with van der Waals surface area (Å²) >= 11 is 0. The molecule has 0 radical (unpaired) electrons. The van der Waals surface area contributed by atoms with Crippen LogP contribution < -0.4 is 15.6 Å². The molecule has 0 unspecified atom stereocenters. The Hall–Kier alpha value is -4.20. The van der Waals surface area contributed by atoms with Gasteiger partial charge in [0.15, 0.2) is 5.82 Å². The number of hydrogen-bond acceptors (Lipinski definition) is 5. The number of carbonyl (C=O) groups excluding carboxylic acids is 1. The lowest BCUT2D eigenvalue weighted by atomic mass is 10.2. The average molecular weight is 415 g/mol. The fraction of sp³-hybridized carbons (Fsp3) is 0.130. The van der Waals surface area contributed by atoms with Crippen LogP contribution in [0.5, 0.6) is 5.75 Å². The maximum atomic E-state index is 12.8. The van der Waals surface area contributed by atoms with Gasteiger partial charge in [0.1, 0.15) is 5.75 Å². The van der Waals surface area contributed by atoms with E-state index in [9.17, 15) is 9.59 Å². The standard InChI is InChI=1S/C23H21N5O3/c1-16-3-5-20(31-2)19(13-16)28-15-18(4-6-22(28)29)23(30)25-21-9-12-27(26-21)14-17-7-10-24-11-8-17/h3-13,15H,14H2,1-2H3,(H,25,26,30). The Morgan fingerprint density at radius 1 is 1.10 bits per heavy atom. The highest BCUT2D eigenvalue weighted by Crippen LogP contribution is 2.23. The third kappa shape index (κ3) is 4.53. The minimum atomic E-state index is -0.366. The highest BCUT2D eigenvalue weighted by atomic mass is 16.5. The minimum absolute atomic E-state index is 0.262. The molecule has 156 valence electrons. The van der Waals surface area contributed by atoms with Gasteiger partial charge in [-0.25, -0.2) is 0 Å². The highest BCUT2D eigenvalue weighted by Gasteiger charge is 2.13. The lowest BCUT2D eigenvalue weighted by molar-refractivity contribution is 0.102.